The quantitative estimate of drug-likeness (QED) is 0.746. The SMILES string of the molecule is COC[C@@]1(C(=O)O)[C@H](c2ccc(Br)cc2)[C@@H]1S(=O)(=O)c1ccc(C)cc1. The Labute approximate surface area is 161 Å². The van der Waals surface area contributed by atoms with Crippen LogP contribution < -0.4 is 0 Å². The molecule has 3 rings (SSSR count). The first-order valence-electron chi connectivity index (χ1n) is 8.03. The van der Waals surface area contributed by atoms with Gasteiger partial charge in [-0.1, -0.05) is 45.8 Å². The third kappa shape index (κ3) is 2.98. The molecule has 0 aliphatic heterocycles. The molecule has 2 aromatic rings. The summed E-state index contributed by atoms with van der Waals surface area (Å²) in [6.45, 7) is 1.70. The minimum Gasteiger partial charge on any atom is -0.481 e. The van der Waals surface area contributed by atoms with Crippen LogP contribution in [0.15, 0.2) is 57.9 Å². The van der Waals surface area contributed by atoms with E-state index in [4.69, 9.17) is 4.74 Å². The van der Waals surface area contributed by atoms with E-state index in [1.807, 2.05) is 6.92 Å². The first-order chi connectivity index (χ1) is 12.2. The summed E-state index contributed by atoms with van der Waals surface area (Å²) in [5.41, 5.74) is 0.116. The molecule has 1 N–H and O–H groups in total. The summed E-state index contributed by atoms with van der Waals surface area (Å²) in [5, 5.41) is 8.82. The number of aryl methyl sites for hydroxylation is 1. The predicted molar refractivity (Wildman–Crippen MR) is 101 cm³/mol. The van der Waals surface area contributed by atoms with E-state index in [1.165, 1.54) is 19.2 Å². The average molecular weight is 439 g/mol. The monoisotopic (exact) mass is 438 g/mol. The summed E-state index contributed by atoms with van der Waals surface area (Å²) < 4.78 is 32.4. The van der Waals surface area contributed by atoms with Crippen molar-refractivity contribution in [3.05, 3.63) is 64.1 Å². The van der Waals surface area contributed by atoms with Gasteiger partial charge in [0.25, 0.3) is 0 Å². The number of halogens is 1. The summed E-state index contributed by atoms with van der Waals surface area (Å²) in [7, 11) is -2.45. The summed E-state index contributed by atoms with van der Waals surface area (Å²) in [6.07, 6.45) is 0. The van der Waals surface area contributed by atoms with Crippen molar-refractivity contribution in [3.8, 4) is 0 Å². The minimum atomic E-state index is -3.84. The van der Waals surface area contributed by atoms with Crippen LogP contribution in [0.2, 0.25) is 0 Å². The first-order valence-corrected chi connectivity index (χ1v) is 10.4. The molecular weight excluding hydrogens is 420 g/mol. The highest BCUT2D eigenvalue weighted by Crippen LogP contribution is 2.64. The standard InChI is InChI=1S/C19H19BrO5S/c1-12-3-9-15(10-4-12)26(23,24)17-16(13-5-7-14(20)8-6-13)19(17,11-25-2)18(21)22/h3-10,16-17H,11H2,1-2H3,(H,21,22)/t16-,17+,19-/m1/s1. The maximum Gasteiger partial charge on any atom is 0.314 e. The van der Waals surface area contributed by atoms with Gasteiger partial charge in [0, 0.05) is 17.5 Å². The van der Waals surface area contributed by atoms with Crippen molar-refractivity contribution in [3.63, 3.8) is 0 Å². The number of methoxy groups -OCH3 is 1. The summed E-state index contributed by atoms with van der Waals surface area (Å²) in [5.74, 6) is -1.83. The van der Waals surface area contributed by atoms with Crippen LogP contribution in [0.4, 0.5) is 0 Å². The molecule has 0 amide bonds. The summed E-state index contributed by atoms with van der Waals surface area (Å²) in [6, 6.07) is 13.6. The molecule has 0 heterocycles. The molecule has 7 heteroatoms. The highest BCUT2D eigenvalue weighted by molar-refractivity contribution is 9.10. The number of carboxylic acid groups (broad SMARTS) is 1. The lowest BCUT2D eigenvalue weighted by Gasteiger charge is -2.12. The van der Waals surface area contributed by atoms with Gasteiger partial charge in [-0.15, -0.1) is 0 Å². The zero-order chi connectivity index (χ0) is 19.1. The van der Waals surface area contributed by atoms with Crippen LogP contribution in [0.25, 0.3) is 0 Å². The molecule has 1 aliphatic carbocycles. The molecule has 0 aromatic heterocycles. The van der Waals surface area contributed by atoms with Crippen molar-refractivity contribution in [1.82, 2.24) is 0 Å². The van der Waals surface area contributed by atoms with Crippen LogP contribution in [0, 0.1) is 12.3 Å². The van der Waals surface area contributed by atoms with Gasteiger partial charge in [-0.05, 0) is 36.8 Å². The number of hydrogen-bond acceptors (Lipinski definition) is 4. The van der Waals surface area contributed by atoms with Crippen molar-refractivity contribution in [2.45, 2.75) is 23.0 Å². The lowest BCUT2D eigenvalue weighted by atomic mass is 10.0. The van der Waals surface area contributed by atoms with Gasteiger partial charge in [0.1, 0.15) is 5.41 Å². The maximum absolute atomic E-state index is 13.2. The lowest BCUT2D eigenvalue weighted by molar-refractivity contribution is -0.145. The van der Waals surface area contributed by atoms with Gasteiger partial charge >= 0.3 is 5.97 Å². The van der Waals surface area contributed by atoms with E-state index in [2.05, 4.69) is 15.9 Å². The van der Waals surface area contributed by atoms with Crippen molar-refractivity contribution in [2.75, 3.05) is 13.7 Å². The fourth-order valence-corrected chi connectivity index (χ4v) is 6.23. The molecular formula is C19H19BrO5S. The van der Waals surface area contributed by atoms with Crippen LogP contribution in [0.1, 0.15) is 17.0 Å². The van der Waals surface area contributed by atoms with Gasteiger partial charge in [-0.2, -0.15) is 0 Å². The Bertz CT molecular complexity index is 921. The van der Waals surface area contributed by atoms with Gasteiger partial charge in [0.15, 0.2) is 9.84 Å². The van der Waals surface area contributed by atoms with E-state index in [0.29, 0.717) is 5.56 Å². The Hall–Kier alpha value is -1.70. The molecule has 1 aliphatic rings. The number of aliphatic carboxylic acids is 1. The second kappa shape index (κ2) is 6.79. The molecule has 0 spiro atoms. The first kappa shape index (κ1) is 19.1. The van der Waals surface area contributed by atoms with E-state index >= 15 is 0 Å². The third-order valence-electron chi connectivity index (χ3n) is 4.95. The zero-order valence-electron chi connectivity index (χ0n) is 14.3. The molecule has 0 saturated heterocycles. The smallest absolute Gasteiger partial charge is 0.314 e. The highest BCUT2D eigenvalue weighted by atomic mass is 79.9. The van der Waals surface area contributed by atoms with Gasteiger partial charge in [0.2, 0.25) is 0 Å². The average Bonchev–Trinajstić information content (AvgIpc) is 3.27. The Kier molecular flexibility index (Phi) is 4.98. The fourth-order valence-electron chi connectivity index (χ4n) is 3.60. The van der Waals surface area contributed by atoms with E-state index in [9.17, 15) is 18.3 Å². The molecule has 5 nitrogen and oxygen atoms in total. The molecule has 26 heavy (non-hydrogen) atoms. The largest absolute Gasteiger partial charge is 0.481 e. The van der Waals surface area contributed by atoms with E-state index in [-0.39, 0.29) is 11.5 Å². The number of ether oxygens (including phenoxy) is 1. The Balaban J connectivity index is 2.11. The van der Waals surface area contributed by atoms with E-state index < -0.39 is 32.4 Å². The molecule has 0 radical (unpaired) electrons. The second-order valence-electron chi connectivity index (χ2n) is 6.59. The predicted octanol–water partition coefficient (Wildman–Crippen LogP) is 3.41. The van der Waals surface area contributed by atoms with Crippen LogP contribution in [-0.2, 0) is 19.4 Å². The van der Waals surface area contributed by atoms with Crippen LogP contribution in [0.5, 0.6) is 0 Å². The molecule has 1 fully saturated rings. The summed E-state index contributed by atoms with van der Waals surface area (Å²) in [4.78, 5) is 12.2. The topological polar surface area (TPSA) is 80.7 Å². The summed E-state index contributed by atoms with van der Waals surface area (Å²) >= 11 is 3.34. The number of rotatable bonds is 6. The molecule has 1 saturated carbocycles. The van der Waals surface area contributed by atoms with Crippen molar-refractivity contribution in [1.29, 1.82) is 0 Å². The van der Waals surface area contributed by atoms with Gasteiger partial charge in [-0.3, -0.25) is 4.79 Å². The highest BCUT2D eigenvalue weighted by Gasteiger charge is 2.76. The van der Waals surface area contributed by atoms with Crippen molar-refractivity contribution in [2.24, 2.45) is 5.41 Å². The number of hydrogen-bond donors (Lipinski definition) is 1. The van der Waals surface area contributed by atoms with Gasteiger partial charge in [-0.25, -0.2) is 8.42 Å². The lowest BCUT2D eigenvalue weighted by Crippen LogP contribution is -2.28. The minimum absolute atomic E-state index is 0.134. The Morgan fingerprint density at radius 1 is 1.15 bits per heavy atom. The van der Waals surface area contributed by atoms with Crippen LogP contribution in [0.3, 0.4) is 0 Å². The zero-order valence-corrected chi connectivity index (χ0v) is 16.7. The van der Waals surface area contributed by atoms with Gasteiger partial charge in [0.05, 0.1) is 16.8 Å². The third-order valence-corrected chi connectivity index (χ3v) is 7.77. The molecule has 0 unspecified atom stereocenters. The Morgan fingerprint density at radius 2 is 1.73 bits per heavy atom. The number of benzene rings is 2. The van der Waals surface area contributed by atoms with E-state index in [0.717, 1.165) is 10.0 Å². The molecule has 2 aromatic carbocycles. The molecule has 138 valence electrons. The number of carboxylic acids is 1. The second-order valence-corrected chi connectivity index (χ2v) is 9.57. The van der Waals surface area contributed by atoms with Gasteiger partial charge < -0.3 is 9.84 Å². The molecule has 3 atom stereocenters. The Morgan fingerprint density at radius 3 is 2.23 bits per heavy atom. The molecule has 0 bridgehead atoms. The maximum atomic E-state index is 13.2. The van der Waals surface area contributed by atoms with Crippen molar-refractivity contribution >= 4 is 31.7 Å². The van der Waals surface area contributed by atoms with Crippen molar-refractivity contribution < 1.29 is 23.1 Å². The fraction of sp³-hybridized carbons (Fsp3) is 0.316. The number of carbonyl (C=O) groups is 1. The normalized spacial score (nSPS) is 25.0. The number of sulfone groups is 1. The van der Waals surface area contributed by atoms with Crippen LogP contribution >= 0.6 is 15.9 Å². The van der Waals surface area contributed by atoms with Crippen LogP contribution in [-0.4, -0.2) is 38.5 Å². The van der Waals surface area contributed by atoms with E-state index in [1.54, 1.807) is 36.4 Å².